The number of benzene rings is 1. The molecular formula is C30H39N3O4. The van der Waals surface area contributed by atoms with Crippen molar-refractivity contribution in [1.29, 1.82) is 0 Å². The number of aromatic nitrogens is 1. The van der Waals surface area contributed by atoms with E-state index in [1.807, 2.05) is 41.7 Å². The summed E-state index contributed by atoms with van der Waals surface area (Å²) in [5.41, 5.74) is 4.54. The Morgan fingerprint density at radius 1 is 1.03 bits per heavy atom. The number of aliphatic carboxylic acids is 1. The minimum absolute atomic E-state index is 0.0634. The molecule has 1 amide bonds. The van der Waals surface area contributed by atoms with Gasteiger partial charge in [0.15, 0.2) is 0 Å². The van der Waals surface area contributed by atoms with E-state index in [0.29, 0.717) is 23.2 Å². The van der Waals surface area contributed by atoms with Crippen molar-refractivity contribution in [3.05, 3.63) is 76.6 Å². The van der Waals surface area contributed by atoms with Crippen LogP contribution in [0.25, 0.3) is 5.52 Å². The number of carboxylic acid groups (broad SMARTS) is 1. The fraction of sp³-hybridized carbons (Fsp3) is 0.433. The molecule has 7 nitrogen and oxygen atoms in total. The van der Waals surface area contributed by atoms with Crippen molar-refractivity contribution in [2.75, 3.05) is 13.1 Å². The molecule has 2 N–H and O–H groups in total. The first kappa shape index (κ1) is 28.1. The quantitative estimate of drug-likeness (QED) is 0.283. The van der Waals surface area contributed by atoms with Gasteiger partial charge in [-0.3, -0.25) is 14.4 Å². The Morgan fingerprint density at radius 3 is 2.27 bits per heavy atom. The normalized spacial score (nSPS) is 11.8. The molecule has 0 unspecified atom stereocenters. The first-order valence-corrected chi connectivity index (χ1v) is 13.0. The van der Waals surface area contributed by atoms with Gasteiger partial charge in [-0.2, -0.15) is 0 Å². The van der Waals surface area contributed by atoms with E-state index in [1.165, 1.54) is 10.5 Å². The zero-order chi connectivity index (χ0) is 27.3. The van der Waals surface area contributed by atoms with Gasteiger partial charge in [-0.1, -0.05) is 31.2 Å². The van der Waals surface area contributed by atoms with Gasteiger partial charge in [0.1, 0.15) is 6.54 Å². The molecule has 198 valence electrons. The van der Waals surface area contributed by atoms with Gasteiger partial charge in [0, 0.05) is 34.4 Å². The van der Waals surface area contributed by atoms with Crippen LogP contribution < -0.4 is 5.32 Å². The Bertz CT molecular complexity index is 1270. The summed E-state index contributed by atoms with van der Waals surface area (Å²) in [6, 6.07) is 12.9. The third-order valence-electron chi connectivity index (χ3n) is 6.40. The second-order valence-corrected chi connectivity index (χ2v) is 10.8. The highest BCUT2D eigenvalue weighted by Gasteiger charge is 2.23. The van der Waals surface area contributed by atoms with E-state index in [4.69, 9.17) is 0 Å². The summed E-state index contributed by atoms with van der Waals surface area (Å²) in [5, 5.41) is 12.7. The van der Waals surface area contributed by atoms with Crippen molar-refractivity contribution >= 4 is 23.2 Å². The molecule has 37 heavy (non-hydrogen) atoms. The number of ketones is 1. The van der Waals surface area contributed by atoms with E-state index in [9.17, 15) is 19.5 Å². The lowest BCUT2D eigenvalue weighted by Crippen LogP contribution is -2.40. The highest BCUT2D eigenvalue weighted by atomic mass is 16.4. The molecule has 0 fully saturated rings. The minimum atomic E-state index is -1.06. The van der Waals surface area contributed by atoms with Crippen LogP contribution in [0.5, 0.6) is 0 Å². The van der Waals surface area contributed by atoms with Crippen LogP contribution in [0.3, 0.4) is 0 Å². The van der Waals surface area contributed by atoms with Gasteiger partial charge in [-0.15, -0.1) is 0 Å². The van der Waals surface area contributed by atoms with Crippen LogP contribution in [0.15, 0.2) is 48.7 Å². The molecule has 0 saturated carbocycles. The number of rotatable bonds is 11. The molecule has 1 aromatic carbocycles. The SMILES string of the molecule is CCc1cc2cc(C(=O)N(CC(=O)O)C(C)C)ccn2c1C(=O)c1ccc(CCCNC(C)(C)C)cc1. The van der Waals surface area contributed by atoms with Crippen molar-refractivity contribution in [2.24, 2.45) is 0 Å². The van der Waals surface area contributed by atoms with Crippen LogP contribution >= 0.6 is 0 Å². The highest BCUT2D eigenvalue weighted by molar-refractivity contribution is 6.10. The lowest BCUT2D eigenvalue weighted by molar-refractivity contribution is -0.138. The van der Waals surface area contributed by atoms with Crippen molar-refractivity contribution in [2.45, 2.75) is 72.4 Å². The molecule has 2 aromatic heterocycles. The number of nitrogens with zero attached hydrogens (tertiary/aromatic N) is 2. The smallest absolute Gasteiger partial charge is 0.323 e. The van der Waals surface area contributed by atoms with E-state index in [1.54, 1.807) is 32.2 Å². The topological polar surface area (TPSA) is 91.1 Å². The molecule has 0 spiro atoms. The molecule has 2 heterocycles. The largest absolute Gasteiger partial charge is 0.480 e. The fourth-order valence-corrected chi connectivity index (χ4v) is 4.41. The van der Waals surface area contributed by atoms with Gasteiger partial charge in [-0.25, -0.2) is 0 Å². The van der Waals surface area contributed by atoms with Crippen molar-refractivity contribution in [1.82, 2.24) is 14.6 Å². The van der Waals surface area contributed by atoms with Gasteiger partial charge < -0.3 is 19.7 Å². The molecular weight excluding hydrogens is 466 g/mol. The van der Waals surface area contributed by atoms with Crippen molar-refractivity contribution in [3.63, 3.8) is 0 Å². The average molecular weight is 506 g/mol. The molecule has 0 aliphatic carbocycles. The first-order valence-electron chi connectivity index (χ1n) is 13.0. The predicted octanol–water partition coefficient (Wildman–Crippen LogP) is 4.99. The Kier molecular flexibility index (Phi) is 8.92. The van der Waals surface area contributed by atoms with Crippen LogP contribution in [0.4, 0.5) is 0 Å². The Morgan fingerprint density at radius 2 is 1.70 bits per heavy atom. The van der Waals surface area contributed by atoms with Gasteiger partial charge >= 0.3 is 5.97 Å². The average Bonchev–Trinajstić information content (AvgIpc) is 3.21. The molecule has 0 radical (unpaired) electrons. The fourth-order valence-electron chi connectivity index (χ4n) is 4.41. The number of carboxylic acids is 1. The number of hydrogen-bond donors (Lipinski definition) is 2. The van der Waals surface area contributed by atoms with E-state index < -0.39 is 5.97 Å². The van der Waals surface area contributed by atoms with E-state index in [2.05, 4.69) is 26.1 Å². The molecule has 3 rings (SSSR count). The predicted molar refractivity (Wildman–Crippen MR) is 147 cm³/mol. The monoisotopic (exact) mass is 505 g/mol. The lowest BCUT2D eigenvalue weighted by atomic mass is 10.0. The summed E-state index contributed by atoms with van der Waals surface area (Å²) < 4.78 is 1.82. The Balaban J connectivity index is 1.83. The summed E-state index contributed by atoms with van der Waals surface area (Å²) in [7, 11) is 0. The molecule has 3 aromatic rings. The lowest BCUT2D eigenvalue weighted by Gasteiger charge is -2.25. The number of pyridine rings is 1. The minimum Gasteiger partial charge on any atom is -0.480 e. The van der Waals surface area contributed by atoms with Gasteiger partial charge in [0.25, 0.3) is 5.91 Å². The van der Waals surface area contributed by atoms with Crippen molar-refractivity contribution in [3.8, 4) is 0 Å². The maximum absolute atomic E-state index is 13.5. The summed E-state index contributed by atoms with van der Waals surface area (Å²) in [6.45, 7) is 12.6. The molecule has 0 bridgehead atoms. The summed E-state index contributed by atoms with van der Waals surface area (Å²) in [5.74, 6) is -1.47. The molecule has 0 aliphatic rings. The number of aryl methyl sites for hydroxylation is 2. The third-order valence-corrected chi connectivity index (χ3v) is 6.40. The molecule has 0 saturated heterocycles. The number of hydrogen-bond acceptors (Lipinski definition) is 4. The van der Waals surface area contributed by atoms with Crippen LogP contribution in [-0.2, 0) is 17.6 Å². The Labute approximate surface area is 219 Å². The van der Waals surface area contributed by atoms with Gasteiger partial charge in [-0.05, 0) is 89.8 Å². The number of carbonyl (C=O) groups excluding carboxylic acids is 2. The summed E-state index contributed by atoms with van der Waals surface area (Å²) >= 11 is 0. The van der Waals surface area contributed by atoms with Crippen LogP contribution in [-0.4, -0.2) is 56.7 Å². The second-order valence-electron chi connectivity index (χ2n) is 10.8. The summed E-state index contributed by atoms with van der Waals surface area (Å²) in [6.07, 6.45) is 4.36. The van der Waals surface area contributed by atoms with Crippen LogP contribution in [0.2, 0.25) is 0 Å². The zero-order valence-electron chi connectivity index (χ0n) is 22.8. The van der Waals surface area contributed by atoms with E-state index in [0.717, 1.165) is 30.5 Å². The van der Waals surface area contributed by atoms with Gasteiger partial charge in [0.2, 0.25) is 5.78 Å². The van der Waals surface area contributed by atoms with Crippen LogP contribution in [0.1, 0.15) is 85.5 Å². The number of fused-ring (bicyclic) bond motifs is 1. The molecule has 0 atom stereocenters. The standard InChI is InChI=1S/C30H39N3O4/c1-7-22-17-25-18-24(29(37)33(20(2)3)19-26(34)35)14-16-32(25)27(22)28(36)23-12-10-21(11-13-23)9-8-15-31-30(4,5)6/h10-14,16-18,20,31H,7-9,15,19H2,1-6H3,(H,34,35). The van der Waals surface area contributed by atoms with E-state index >= 15 is 0 Å². The molecule has 0 aliphatic heterocycles. The number of amides is 1. The number of nitrogens with one attached hydrogen (secondary N) is 1. The second kappa shape index (κ2) is 11.7. The zero-order valence-corrected chi connectivity index (χ0v) is 22.8. The third kappa shape index (κ3) is 7.07. The maximum atomic E-state index is 13.5. The first-order chi connectivity index (χ1) is 17.4. The Hall–Kier alpha value is -3.45. The van der Waals surface area contributed by atoms with E-state index in [-0.39, 0.29) is 29.8 Å². The van der Waals surface area contributed by atoms with Gasteiger partial charge in [0.05, 0.1) is 5.69 Å². The maximum Gasteiger partial charge on any atom is 0.323 e. The molecule has 7 heteroatoms. The van der Waals surface area contributed by atoms with Crippen molar-refractivity contribution < 1.29 is 19.5 Å². The highest BCUT2D eigenvalue weighted by Crippen LogP contribution is 2.23. The summed E-state index contributed by atoms with van der Waals surface area (Å²) in [4.78, 5) is 39.2. The number of carbonyl (C=O) groups is 3. The van der Waals surface area contributed by atoms with Crippen LogP contribution in [0, 0.1) is 0 Å².